The van der Waals surface area contributed by atoms with E-state index in [9.17, 15) is 9.59 Å². The summed E-state index contributed by atoms with van der Waals surface area (Å²) >= 11 is 0. The molecule has 6 nitrogen and oxygen atoms in total. The molecule has 0 aliphatic carbocycles. The topological polar surface area (TPSA) is 65.8 Å². The van der Waals surface area contributed by atoms with Crippen LogP contribution in [-0.2, 0) is 11.2 Å². The molecule has 2 aliphatic heterocycles. The van der Waals surface area contributed by atoms with Gasteiger partial charge in [0.05, 0.1) is 6.42 Å². The minimum absolute atomic E-state index is 0.195. The molecule has 1 unspecified atom stereocenters. The smallest absolute Gasteiger partial charge is 0.291 e. The maximum absolute atomic E-state index is 13.0. The third kappa shape index (κ3) is 5.93. The minimum Gasteiger partial charge on any atom is -0.451 e. The van der Waals surface area contributed by atoms with Crippen LogP contribution in [0, 0.1) is 11.8 Å². The molecule has 3 heterocycles. The molecule has 35 heavy (non-hydrogen) atoms. The van der Waals surface area contributed by atoms with Crippen molar-refractivity contribution in [2.24, 2.45) is 11.8 Å². The van der Waals surface area contributed by atoms with Gasteiger partial charge in [-0.05, 0) is 80.4 Å². The highest BCUT2D eigenvalue weighted by Crippen LogP contribution is 2.23. The van der Waals surface area contributed by atoms with Crippen LogP contribution in [0.25, 0.3) is 11.0 Å². The third-order valence-corrected chi connectivity index (χ3v) is 7.48. The summed E-state index contributed by atoms with van der Waals surface area (Å²) in [7, 11) is 0. The van der Waals surface area contributed by atoms with Gasteiger partial charge < -0.3 is 19.5 Å². The Morgan fingerprint density at radius 1 is 1.00 bits per heavy atom. The van der Waals surface area contributed by atoms with Crippen molar-refractivity contribution in [3.8, 4) is 0 Å². The maximum Gasteiger partial charge on any atom is 0.291 e. The zero-order valence-electron chi connectivity index (χ0n) is 20.5. The van der Waals surface area contributed by atoms with E-state index in [4.69, 9.17) is 4.42 Å². The molecule has 0 radical (unpaired) electrons. The molecular formula is C29H35N3O3. The number of hydrogen-bond acceptors (Lipinski definition) is 4. The van der Waals surface area contributed by atoms with Crippen LogP contribution in [0.1, 0.15) is 48.7 Å². The Kier molecular flexibility index (Phi) is 7.19. The number of para-hydroxylation sites is 1. The first-order chi connectivity index (χ1) is 17.0. The van der Waals surface area contributed by atoms with Gasteiger partial charge >= 0.3 is 0 Å². The molecule has 6 heteroatoms. The Balaban J connectivity index is 1.12. The van der Waals surface area contributed by atoms with Crippen LogP contribution in [0.4, 0.5) is 5.69 Å². The molecule has 0 bridgehead atoms. The molecule has 2 fully saturated rings. The number of piperidine rings is 2. The van der Waals surface area contributed by atoms with E-state index in [0.717, 1.165) is 42.9 Å². The largest absolute Gasteiger partial charge is 0.451 e. The van der Waals surface area contributed by atoms with Gasteiger partial charge in [-0.2, -0.15) is 0 Å². The molecule has 2 aromatic carbocycles. The lowest BCUT2D eigenvalue weighted by molar-refractivity contribution is -0.132. The van der Waals surface area contributed by atoms with Gasteiger partial charge in [0.15, 0.2) is 5.76 Å². The van der Waals surface area contributed by atoms with Gasteiger partial charge in [0, 0.05) is 30.7 Å². The van der Waals surface area contributed by atoms with Crippen molar-refractivity contribution in [2.45, 2.75) is 39.0 Å². The molecule has 1 N–H and O–H groups in total. The SMILES string of the molecule is CC1CCN(CC2CCCN(C(=O)Cc3ccc(NC(=O)c4cc5ccccc5o4)cc3)C2)CC1. The molecule has 1 atom stereocenters. The first-order valence-electron chi connectivity index (χ1n) is 12.9. The molecule has 0 spiro atoms. The number of benzene rings is 2. The molecule has 1 aromatic heterocycles. The molecule has 2 amide bonds. The van der Waals surface area contributed by atoms with Crippen molar-refractivity contribution in [3.63, 3.8) is 0 Å². The highest BCUT2D eigenvalue weighted by atomic mass is 16.3. The van der Waals surface area contributed by atoms with Crippen molar-refractivity contribution in [1.82, 2.24) is 9.80 Å². The number of fused-ring (bicyclic) bond motifs is 1. The lowest BCUT2D eigenvalue weighted by Gasteiger charge is -2.38. The monoisotopic (exact) mass is 473 g/mol. The van der Waals surface area contributed by atoms with Gasteiger partial charge in [0.25, 0.3) is 5.91 Å². The zero-order valence-corrected chi connectivity index (χ0v) is 20.5. The number of rotatable bonds is 6. The van der Waals surface area contributed by atoms with Crippen LogP contribution in [0.3, 0.4) is 0 Å². The summed E-state index contributed by atoms with van der Waals surface area (Å²) in [6, 6.07) is 16.8. The Bertz CT molecular complexity index is 1130. The quantitative estimate of drug-likeness (QED) is 0.535. The van der Waals surface area contributed by atoms with Crippen molar-refractivity contribution in [3.05, 3.63) is 65.9 Å². The van der Waals surface area contributed by atoms with E-state index < -0.39 is 0 Å². The van der Waals surface area contributed by atoms with Gasteiger partial charge in [-0.25, -0.2) is 0 Å². The summed E-state index contributed by atoms with van der Waals surface area (Å²) in [6.45, 7) is 7.60. The average molecular weight is 474 g/mol. The van der Waals surface area contributed by atoms with Crippen LogP contribution >= 0.6 is 0 Å². The maximum atomic E-state index is 13.0. The normalized spacial score (nSPS) is 19.7. The molecule has 2 aliphatic rings. The van der Waals surface area contributed by atoms with E-state index >= 15 is 0 Å². The highest BCUT2D eigenvalue weighted by Gasteiger charge is 2.26. The molecule has 0 saturated carbocycles. The number of carbonyl (C=O) groups excluding carboxylic acids is 2. The van der Waals surface area contributed by atoms with Crippen LogP contribution in [0.2, 0.25) is 0 Å². The fraction of sp³-hybridized carbons (Fsp3) is 0.448. The van der Waals surface area contributed by atoms with E-state index in [2.05, 4.69) is 22.0 Å². The number of amides is 2. The second-order valence-corrected chi connectivity index (χ2v) is 10.3. The second-order valence-electron chi connectivity index (χ2n) is 10.3. The fourth-order valence-corrected chi connectivity index (χ4v) is 5.33. The number of nitrogens with one attached hydrogen (secondary N) is 1. The number of hydrogen-bond donors (Lipinski definition) is 1. The van der Waals surface area contributed by atoms with E-state index in [-0.39, 0.29) is 17.6 Å². The fourth-order valence-electron chi connectivity index (χ4n) is 5.33. The van der Waals surface area contributed by atoms with E-state index in [1.165, 1.54) is 32.4 Å². The van der Waals surface area contributed by atoms with Crippen molar-refractivity contribution >= 4 is 28.5 Å². The number of carbonyl (C=O) groups is 2. The Morgan fingerprint density at radius 2 is 1.77 bits per heavy atom. The Hall–Kier alpha value is -3.12. The number of nitrogens with zero attached hydrogens (tertiary/aromatic N) is 2. The van der Waals surface area contributed by atoms with E-state index in [0.29, 0.717) is 23.6 Å². The Labute approximate surface area is 207 Å². The molecular weight excluding hydrogens is 438 g/mol. The lowest BCUT2D eigenvalue weighted by atomic mass is 9.94. The summed E-state index contributed by atoms with van der Waals surface area (Å²) in [5.74, 6) is 1.62. The molecule has 184 valence electrons. The van der Waals surface area contributed by atoms with Crippen molar-refractivity contribution in [1.29, 1.82) is 0 Å². The predicted octanol–water partition coefficient (Wildman–Crippen LogP) is 5.20. The van der Waals surface area contributed by atoms with Crippen LogP contribution in [0.5, 0.6) is 0 Å². The molecule has 5 rings (SSSR count). The second kappa shape index (κ2) is 10.6. The van der Waals surface area contributed by atoms with Gasteiger partial charge in [-0.3, -0.25) is 9.59 Å². The van der Waals surface area contributed by atoms with E-state index in [1.54, 1.807) is 6.07 Å². The van der Waals surface area contributed by atoms with Crippen molar-refractivity contribution in [2.75, 3.05) is 38.0 Å². The minimum atomic E-state index is -0.285. The summed E-state index contributed by atoms with van der Waals surface area (Å²) in [4.78, 5) is 30.2. The predicted molar refractivity (Wildman–Crippen MR) is 138 cm³/mol. The van der Waals surface area contributed by atoms with Crippen LogP contribution in [-0.4, -0.2) is 54.3 Å². The number of likely N-dealkylation sites (tertiary alicyclic amines) is 2. The number of furan rings is 1. The summed E-state index contributed by atoms with van der Waals surface area (Å²) in [6.07, 6.45) is 5.29. The zero-order chi connectivity index (χ0) is 24.2. The molecule has 2 saturated heterocycles. The number of anilines is 1. The lowest BCUT2D eigenvalue weighted by Crippen LogP contribution is -2.45. The Morgan fingerprint density at radius 3 is 2.54 bits per heavy atom. The standard InChI is InChI=1S/C29H35N3O3/c1-21-12-15-31(16-13-21)19-23-5-4-14-32(20-23)28(33)17-22-8-10-25(11-9-22)30-29(34)27-18-24-6-2-3-7-26(24)35-27/h2-3,6-11,18,21,23H,4-5,12-17,19-20H2,1H3,(H,30,34). The van der Waals surface area contributed by atoms with Gasteiger partial charge in [-0.15, -0.1) is 0 Å². The first-order valence-corrected chi connectivity index (χ1v) is 12.9. The van der Waals surface area contributed by atoms with Crippen LogP contribution in [0.15, 0.2) is 59.0 Å². The van der Waals surface area contributed by atoms with Gasteiger partial charge in [0.1, 0.15) is 5.58 Å². The third-order valence-electron chi connectivity index (χ3n) is 7.48. The first kappa shape index (κ1) is 23.6. The summed E-state index contributed by atoms with van der Waals surface area (Å²) < 4.78 is 5.64. The van der Waals surface area contributed by atoms with Gasteiger partial charge in [0.2, 0.25) is 5.91 Å². The average Bonchev–Trinajstić information content (AvgIpc) is 3.31. The highest BCUT2D eigenvalue weighted by molar-refractivity contribution is 6.04. The van der Waals surface area contributed by atoms with Crippen molar-refractivity contribution < 1.29 is 14.0 Å². The van der Waals surface area contributed by atoms with E-state index in [1.807, 2.05) is 48.5 Å². The summed E-state index contributed by atoms with van der Waals surface area (Å²) in [5, 5.41) is 3.78. The summed E-state index contributed by atoms with van der Waals surface area (Å²) in [5.41, 5.74) is 2.33. The van der Waals surface area contributed by atoms with Gasteiger partial charge in [-0.1, -0.05) is 37.3 Å². The van der Waals surface area contributed by atoms with Crippen LogP contribution < -0.4 is 5.32 Å². The molecule has 3 aromatic rings.